The van der Waals surface area contributed by atoms with Crippen LogP contribution in [0.25, 0.3) is 0 Å². The summed E-state index contributed by atoms with van der Waals surface area (Å²) in [4.78, 5) is 2.45. The molecular formula is C13H30N4O. The minimum absolute atomic E-state index is 0.311. The van der Waals surface area contributed by atoms with Gasteiger partial charge in [-0.1, -0.05) is 19.0 Å². The summed E-state index contributed by atoms with van der Waals surface area (Å²) >= 11 is 0. The predicted octanol–water partition coefficient (Wildman–Crippen LogP) is 1.61. The lowest BCUT2D eigenvalue weighted by Gasteiger charge is -2.19. The van der Waals surface area contributed by atoms with Crippen LogP contribution in [0.2, 0.25) is 0 Å². The summed E-state index contributed by atoms with van der Waals surface area (Å²) < 4.78 is 0. The van der Waals surface area contributed by atoms with E-state index in [2.05, 4.69) is 36.1 Å². The van der Waals surface area contributed by atoms with Crippen molar-refractivity contribution in [2.45, 2.75) is 52.5 Å². The second kappa shape index (κ2) is 11.3. The zero-order chi connectivity index (χ0) is 13.8. The van der Waals surface area contributed by atoms with E-state index in [1.165, 1.54) is 19.4 Å². The summed E-state index contributed by atoms with van der Waals surface area (Å²) in [7, 11) is 0. The van der Waals surface area contributed by atoms with E-state index in [0.29, 0.717) is 18.3 Å². The van der Waals surface area contributed by atoms with E-state index >= 15 is 0 Å². The second-order valence-electron chi connectivity index (χ2n) is 4.72. The summed E-state index contributed by atoms with van der Waals surface area (Å²) in [6, 6.07) is 0.535. The predicted molar refractivity (Wildman–Crippen MR) is 77.1 cm³/mol. The lowest BCUT2D eigenvalue weighted by molar-refractivity contribution is 0.290. The molecule has 5 nitrogen and oxygen atoms in total. The highest BCUT2D eigenvalue weighted by molar-refractivity contribution is 5.79. The molecule has 0 aromatic rings. The molecule has 0 aliphatic heterocycles. The van der Waals surface area contributed by atoms with Crippen molar-refractivity contribution in [2.24, 2.45) is 10.9 Å². The Hall–Kier alpha value is -0.810. The van der Waals surface area contributed by atoms with Gasteiger partial charge in [-0.15, -0.1) is 0 Å². The van der Waals surface area contributed by atoms with Crippen molar-refractivity contribution in [3.8, 4) is 0 Å². The molecule has 0 aliphatic carbocycles. The van der Waals surface area contributed by atoms with Crippen molar-refractivity contribution in [1.29, 1.82) is 0 Å². The summed E-state index contributed by atoms with van der Waals surface area (Å²) in [5.41, 5.74) is 5.40. The van der Waals surface area contributed by atoms with Gasteiger partial charge in [-0.05, 0) is 52.4 Å². The summed E-state index contributed by atoms with van der Waals surface area (Å²) in [5, 5.41) is 14.8. The molecule has 0 saturated carbocycles. The van der Waals surface area contributed by atoms with Gasteiger partial charge in [0.15, 0.2) is 0 Å². The van der Waals surface area contributed by atoms with Crippen molar-refractivity contribution < 1.29 is 5.21 Å². The molecule has 0 saturated heterocycles. The molecule has 0 spiro atoms. The first-order chi connectivity index (χ1) is 8.63. The first-order valence-electron chi connectivity index (χ1n) is 7.06. The molecule has 5 heteroatoms. The van der Waals surface area contributed by atoms with Gasteiger partial charge < -0.3 is 21.2 Å². The lowest BCUT2D eigenvalue weighted by atomic mass is 10.1. The molecule has 0 rings (SSSR count). The van der Waals surface area contributed by atoms with Gasteiger partial charge >= 0.3 is 0 Å². The second-order valence-corrected chi connectivity index (χ2v) is 4.72. The van der Waals surface area contributed by atoms with Gasteiger partial charge in [0.2, 0.25) is 0 Å². The maximum Gasteiger partial charge on any atom is 0.139 e. The third-order valence-corrected chi connectivity index (χ3v) is 3.24. The van der Waals surface area contributed by atoms with Crippen LogP contribution in [0, 0.1) is 0 Å². The largest absolute Gasteiger partial charge is 0.409 e. The number of rotatable bonds is 11. The lowest BCUT2D eigenvalue weighted by Crippen LogP contribution is -2.30. The number of oxime groups is 1. The van der Waals surface area contributed by atoms with Crippen LogP contribution in [-0.4, -0.2) is 48.2 Å². The summed E-state index contributed by atoms with van der Waals surface area (Å²) in [5.74, 6) is 0.311. The van der Waals surface area contributed by atoms with Crippen LogP contribution in [0.1, 0.15) is 46.5 Å². The number of nitrogens with one attached hydrogen (secondary N) is 1. The Morgan fingerprint density at radius 2 is 2.00 bits per heavy atom. The number of hydrogen-bond donors (Lipinski definition) is 3. The molecule has 0 heterocycles. The van der Waals surface area contributed by atoms with Gasteiger partial charge in [-0.3, -0.25) is 0 Å². The van der Waals surface area contributed by atoms with Crippen LogP contribution < -0.4 is 11.1 Å². The van der Waals surface area contributed by atoms with Gasteiger partial charge in [0.25, 0.3) is 0 Å². The van der Waals surface area contributed by atoms with Gasteiger partial charge in [0, 0.05) is 12.5 Å². The Bertz CT molecular complexity index is 217. The van der Waals surface area contributed by atoms with E-state index in [9.17, 15) is 0 Å². The maximum absolute atomic E-state index is 8.40. The summed E-state index contributed by atoms with van der Waals surface area (Å²) in [6.07, 6.45) is 3.99. The fourth-order valence-electron chi connectivity index (χ4n) is 1.93. The van der Waals surface area contributed by atoms with E-state index in [4.69, 9.17) is 10.9 Å². The van der Waals surface area contributed by atoms with E-state index in [0.717, 1.165) is 26.1 Å². The molecule has 0 amide bonds. The number of amidine groups is 1. The average Bonchev–Trinajstić information content (AvgIpc) is 2.39. The average molecular weight is 258 g/mol. The third-order valence-electron chi connectivity index (χ3n) is 3.24. The Labute approximate surface area is 111 Å². The van der Waals surface area contributed by atoms with Crippen LogP contribution >= 0.6 is 0 Å². The van der Waals surface area contributed by atoms with Gasteiger partial charge in [-0.25, -0.2) is 0 Å². The SMILES string of the molecule is CCN(CC)CCCC(C)NCCCC(N)=NO. The van der Waals surface area contributed by atoms with Crippen LogP contribution in [0.3, 0.4) is 0 Å². The van der Waals surface area contributed by atoms with Crippen molar-refractivity contribution in [3.05, 3.63) is 0 Å². The minimum atomic E-state index is 0.311. The first kappa shape index (κ1) is 17.2. The van der Waals surface area contributed by atoms with E-state index in [1.54, 1.807) is 0 Å². The Morgan fingerprint density at radius 3 is 2.56 bits per heavy atom. The number of hydrogen-bond acceptors (Lipinski definition) is 4. The molecule has 4 N–H and O–H groups in total. The smallest absolute Gasteiger partial charge is 0.139 e. The van der Waals surface area contributed by atoms with E-state index in [1.807, 2.05) is 0 Å². The van der Waals surface area contributed by atoms with Crippen molar-refractivity contribution >= 4 is 5.84 Å². The normalized spacial score (nSPS) is 14.1. The Morgan fingerprint density at radius 1 is 1.33 bits per heavy atom. The standard InChI is InChI=1S/C13H30N4O/c1-4-17(5-2)11-7-8-12(3)15-10-6-9-13(14)16-18/h12,15,18H,4-11H2,1-3H3,(H2,14,16). The van der Waals surface area contributed by atoms with Gasteiger partial charge in [0.05, 0.1) is 0 Å². The van der Waals surface area contributed by atoms with E-state index < -0.39 is 0 Å². The molecule has 1 atom stereocenters. The van der Waals surface area contributed by atoms with Crippen LogP contribution in [0.4, 0.5) is 0 Å². The Kier molecular flexibility index (Phi) is 10.8. The van der Waals surface area contributed by atoms with Crippen molar-refractivity contribution in [2.75, 3.05) is 26.2 Å². The molecule has 0 aromatic heterocycles. The fraction of sp³-hybridized carbons (Fsp3) is 0.923. The highest BCUT2D eigenvalue weighted by Crippen LogP contribution is 2.00. The van der Waals surface area contributed by atoms with Crippen LogP contribution in [-0.2, 0) is 0 Å². The first-order valence-corrected chi connectivity index (χ1v) is 7.06. The van der Waals surface area contributed by atoms with Crippen molar-refractivity contribution in [1.82, 2.24) is 10.2 Å². The Balaban J connectivity index is 3.45. The maximum atomic E-state index is 8.40. The summed E-state index contributed by atoms with van der Waals surface area (Å²) in [6.45, 7) is 11.0. The van der Waals surface area contributed by atoms with Gasteiger partial charge in [0.1, 0.15) is 5.84 Å². The minimum Gasteiger partial charge on any atom is -0.409 e. The zero-order valence-electron chi connectivity index (χ0n) is 12.2. The highest BCUT2D eigenvalue weighted by Gasteiger charge is 2.03. The van der Waals surface area contributed by atoms with Crippen molar-refractivity contribution in [3.63, 3.8) is 0 Å². The highest BCUT2D eigenvalue weighted by atomic mass is 16.4. The fourth-order valence-corrected chi connectivity index (χ4v) is 1.93. The monoisotopic (exact) mass is 258 g/mol. The zero-order valence-corrected chi connectivity index (χ0v) is 12.2. The molecule has 0 fully saturated rings. The molecule has 1 unspecified atom stereocenters. The van der Waals surface area contributed by atoms with E-state index in [-0.39, 0.29) is 0 Å². The molecular weight excluding hydrogens is 228 g/mol. The number of nitrogens with zero attached hydrogens (tertiary/aromatic N) is 2. The molecule has 108 valence electrons. The third kappa shape index (κ3) is 9.24. The molecule has 0 bridgehead atoms. The molecule has 0 aliphatic rings. The molecule has 0 radical (unpaired) electrons. The number of nitrogens with two attached hydrogens (primary N) is 1. The molecule has 0 aromatic carbocycles. The topological polar surface area (TPSA) is 73.9 Å². The van der Waals surface area contributed by atoms with Crippen LogP contribution in [0.5, 0.6) is 0 Å². The molecule has 18 heavy (non-hydrogen) atoms. The van der Waals surface area contributed by atoms with Crippen LogP contribution in [0.15, 0.2) is 5.16 Å². The van der Waals surface area contributed by atoms with Gasteiger partial charge in [-0.2, -0.15) is 0 Å². The quantitative estimate of drug-likeness (QED) is 0.173.